The van der Waals surface area contributed by atoms with Crippen molar-refractivity contribution in [1.82, 2.24) is 15.5 Å². The fourth-order valence-corrected chi connectivity index (χ4v) is 2.77. The summed E-state index contributed by atoms with van der Waals surface area (Å²) in [5, 5.41) is 6.98. The number of aromatic nitrogens is 2. The summed E-state index contributed by atoms with van der Waals surface area (Å²) in [6.07, 6.45) is 0.690. The van der Waals surface area contributed by atoms with E-state index in [9.17, 15) is 4.79 Å². The van der Waals surface area contributed by atoms with E-state index >= 15 is 0 Å². The topological polar surface area (TPSA) is 77.2 Å². The zero-order valence-electron chi connectivity index (χ0n) is 15.7. The number of ether oxygens (including phenoxy) is 1. The highest BCUT2D eigenvalue weighted by Gasteiger charge is 2.13. The molecule has 2 aromatic carbocycles. The van der Waals surface area contributed by atoms with Gasteiger partial charge in [0, 0.05) is 18.4 Å². The van der Waals surface area contributed by atoms with Gasteiger partial charge < -0.3 is 14.6 Å². The van der Waals surface area contributed by atoms with Gasteiger partial charge in [-0.1, -0.05) is 41.1 Å². The summed E-state index contributed by atoms with van der Waals surface area (Å²) in [5.41, 5.74) is 3.05. The van der Waals surface area contributed by atoms with Gasteiger partial charge in [-0.2, -0.15) is 4.98 Å². The van der Waals surface area contributed by atoms with Gasteiger partial charge in [-0.15, -0.1) is 0 Å². The van der Waals surface area contributed by atoms with Crippen molar-refractivity contribution in [3.63, 3.8) is 0 Å². The van der Waals surface area contributed by atoms with Crippen LogP contribution < -0.4 is 10.1 Å². The summed E-state index contributed by atoms with van der Waals surface area (Å²) < 4.78 is 10.4. The zero-order chi connectivity index (χ0) is 19.2. The van der Waals surface area contributed by atoms with Gasteiger partial charge in [-0.3, -0.25) is 4.79 Å². The Bertz CT molecular complexity index is 903. The molecule has 3 rings (SSSR count). The predicted octanol–water partition coefficient (Wildman–Crippen LogP) is 3.86. The smallest absolute Gasteiger partial charge is 0.227 e. The molecule has 1 heterocycles. The van der Waals surface area contributed by atoms with Crippen LogP contribution in [0.1, 0.15) is 36.4 Å². The molecule has 1 unspecified atom stereocenters. The van der Waals surface area contributed by atoms with E-state index in [1.807, 2.05) is 62.4 Å². The number of carbonyl (C=O) groups excluding carboxylic acids is 1. The lowest BCUT2D eigenvalue weighted by Crippen LogP contribution is -2.26. The third-order valence-corrected chi connectivity index (χ3v) is 4.30. The maximum absolute atomic E-state index is 12.2. The number of aryl methyl sites for hydroxylation is 2. The van der Waals surface area contributed by atoms with Crippen molar-refractivity contribution < 1.29 is 14.1 Å². The summed E-state index contributed by atoms with van der Waals surface area (Å²) >= 11 is 0. The van der Waals surface area contributed by atoms with Gasteiger partial charge in [0.2, 0.25) is 17.6 Å². The van der Waals surface area contributed by atoms with Crippen LogP contribution in [0, 0.1) is 6.92 Å². The Kier molecular flexibility index (Phi) is 5.86. The van der Waals surface area contributed by atoms with Crippen molar-refractivity contribution in [2.45, 2.75) is 32.7 Å². The number of nitrogens with one attached hydrogen (secondary N) is 1. The van der Waals surface area contributed by atoms with E-state index in [2.05, 4.69) is 15.5 Å². The molecule has 6 heteroatoms. The first kappa shape index (κ1) is 18.6. The molecular formula is C21H23N3O3. The summed E-state index contributed by atoms with van der Waals surface area (Å²) in [4.78, 5) is 16.6. The summed E-state index contributed by atoms with van der Waals surface area (Å²) in [6, 6.07) is 15.4. The monoisotopic (exact) mass is 365 g/mol. The zero-order valence-corrected chi connectivity index (χ0v) is 15.7. The van der Waals surface area contributed by atoms with Crippen molar-refractivity contribution in [3.05, 3.63) is 65.5 Å². The molecule has 0 aliphatic heterocycles. The average molecular weight is 365 g/mol. The molecule has 27 heavy (non-hydrogen) atoms. The Balaban J connectivity index is 1.53. The van der Waals surface area contributed by atoms with Gasteiger partial charge in [0.15, 0.2) is 0 Å². The minimum atomic E-state index is -0.0889. The van der Waals surface area contributed by atoms with Crippen molar-refractivity contribution in [3.8, 4) is 17.1 Å². The molecule has 0 fully saturated rings. The standard InChI is InChI=1S/C21H23N3O3/c1-14-5-4-6-17(13-14)21-23-20(27-24-21)12-11-19(25)22-15(2)16-7-9-18(26-3)10-8-16/h4-10,13,15H,11-12H2,1-3H3,(H,22,25). The summed E-state index contributed by atoms with van der Waals surface area (Å²) in [5.74, 6) is 1.73. The predicted molar refractivity (Wildman–Crippen MR) is 102 cm³/mol. The highest BCUT2D eigenvalue weighted by molar-refractivity contribution is 5.76. The molecule has 0 saturated carbocycles. The number of methoxy groups -OCH3 is 1. The van der Waals surface area contributed by atoms with Crippen molar-refractivity contribution >= 4 is 5.91 Å². The second kappa shape index (κ2) is 8.49. The minimum Gasteiger partial charge on any atom is -0.497 e. The first-order valence-corrected chi connectivity index (χ1v) is 8.88. The lowest BCUT2D eigenvalue weighted by atomic mass is 10.1. The van der Waals surface area contributed by atoms with Gasteiger partial charge in [-0.05, 0) is 37.6 Å². The van der Waals surface area contributed by atoms with Gasteiger partial charge >= 0.3 is 0 Å². The average Bonchev–Trinajstić information content (AvgIpc) is 3.15. The molecule has 1 atom stereocenters. The Labute approximate surface area is 158 Å². The van der Waals surface area contributed by atoms with Gasteiger partial charge in [-0.25, -0.2) is 0 Å². The van der Waals surface area contributed by atoms with Gasteiger partial charge in [0.1, 0.15) is 5.75 Å². The molecule has 0 aliphatic rings. The lowest BCUT2D eigenvalue weighted by Gasteiger charge is -2.14. The van der Waals surface area contributed by atoms with E-state index in [1.165, 1.54) is 0 Å². The second-order valence-corrected chi connectivity index (χ2v) is 6.44. The summed E-state index contributed by atoms with van der Waals surface area (Å²) in [6.45, 7) is 3.96. The van der Waals surface area contributed by atoms with Gasteiger partial charge in [0.05, 0.1) is 13.2 Å². The van der Waals surface area contributed by atoms with Crippen LogP contribution in [-0.2, 0) is 11.2 Å². The Morgan fingerprint density at radius 2 is 2.00 bits per heavy atom. The number of benzene rings is 2. The van der Waals surface area contributed by atoms with Gasteiger partial charge in [0.25, 0.3) is 0 Å². The van der Waals surface area contributed by atoms with E-state index in [1.54, 1.807) is 7.11 Å². The van der Waals surface area contributed by atoms with Crippen LogP contribution in [0.3, 0.4) is 0 Å². The highest BCUT2D eigenvalue weighted by Crippen LogP contribution is 2.19. The molecule has 0 bridgehead atoms. The van der Waals surface area contributed by atoms with Crippen molar-refractivity contribution in [1.29, 1.82) is 0 Å². The molecule has 1 aromatic heterocycles. The molecule has 0 radical (unpaired) electrons. The van der Waals surface area contributed by atoms with E-state index in [4.69, 9.17) is 9.26 Å². The number of hydrogen-bond donors (Lipinski definition) is 1. The molecular weight excluding hydrogens is 342 g/mol. The molecule has 6 nitrogen and oxygen atoms in total. The molecule has 1 N–H and O–H groups in total. The van der Waals surface area contributed by atoms with Crippen LogP contribution in [0.4, 0.5) is 0 Å². The maximum atomic E-state index is 12.2. The molecule has 1 amide bonds. The second-order valence-electron chi connectivity index (χ2n) is 6.44. The number of rotatable bonds is 7. The fraction of sp³-hybridized carbons (Fsp3) is 0.286. The molecule has 0 saturated heterocycles. The van der Waals surface area contributed by atoms with Crippen LogP contribution in [-0.4, -0.2) is 23.2 Å². The number of carbonyl (C=O) groups is 1. The van der Waals surface area contributed by atoms with Crippen LogP contribution in [0.15, 0.2) is 53.1 Å². The Morgan fingerprint density at radius 1 is 1.22 bits per heavy atom. The van der Waals surface area contributed by atoms with E-state index < -0.39 is 0 Å². The fourth-order valence-electron chi connectivity index (χ4n) is 2.77. The first-order chi connectivity index (χ1) is 13.0. The van der Waals surface area contributed by atoms with Crippen molar-refractivity contribution in [2.75, 3.05) is 7.11 Å². The van der Waals surface area contributed by atoms with Crippen LogP contribution in [0.25, 0.3) is 11.4 Å². The van der Waals surface area contributed by atoms with E-state index in [0.29, 0.717) is 18.1 Å². The van der Waals surface area contributed by atoms with Crippen LogP contribution in [0.5, 0.6) is 5.75 Å². The van der Waals surface area contributed by atoms with Crippen molar-refractivity contribution in [2.24, 2.45) is 0 Å². The molecule has 0 spiro atoms. The van der Waals surface area contributed by atoms with E-state index in [0.717, 1.165) is 22.4 Å². The Hall–Kier alpha value is -3.15. The van der Waals surface area contributed by atoms with E-state index in [-0.39, 0.29) is 18.4 Å². The maximum Gasteiger partial charge on any atom is 0.227 e. The molecule has 140 valence electrons. The quantitative estimate of drug-likeness (QED) is 0.688. The largest absolute Gasteiger partial charge is 0.497 e. The highest BCUT2D eigenvalue weighted by atomic mass is 16.5. The summed E-state index contributed by atoms with van der Waals surface area (Å²) in [7, 11) is 1.63. The Morgan fingerprint density at radius 3 is 2.70 bits per heavy atom. The first-order valence-electron chi connectivity index (χ1n) is 8.88. The third-order valence-electron chi connectivity index (χ3n) is 4.30. The number of amides is 1. The lowest BCUT2D eigenvalue weighted by molar-refractivity contribution is -0.121. The van der Waals surface area contributed by atoms with Crippen LogP contribution in [0.2, 0.25) is 0 Å². The minimum absolute atomic E-state index is 0.0615. The number of hydrogen-bond acceptors (Lipinski definition) is 5. The molecule has 0 aliphatic carbocycles. The van der Waals surface area contributed by atoms with Crippen LogP contribution >= 0.6 is 0 Å². The third kappa shape index (κ3) is 4.94. The molecule has 3 aromatic rings. The normalized spacial score (nSPS) is 11.8. The number of nitrogens with zero attached hydrogens (tertiary/aromatic N) is 2. The SMILES string of the molecule is COc1ccc(C(C)NC(=O)CCc2nc(-c3cccc(C)c3)no2)cc1.